The summed E-state index contributed by atoms with van der Waals surface area (Å²) in [7, 11) is 0. The van der Waals surface area contributed by atoms with E-state index in [4.69, 9.17) is 0 Å². The van der Waals surface area contributed by atoms with Crippen LogP contribution in [0.5, 0.6) is 0 Å². The molecule has 15 heavy (non-hydrogen) atoms. The van der Waals surface area contributed by atoms with E-state index in [-0.39, 0.29) is 0 Å². The molecule has 1 aromatic carbocycles. The summed E-state index contributed by atoms with van der Waals surface area (Å²) in [6, 6.07) is 7.47. The molecule has 1 aromatic heterocycles. The van der Waals surface area contributed by atoms with Crippen LogP contribution in [-0.2, 0) is 0 Å². The van der Waals surface area contributed by atoms with Gasteiger partial charge in [-0.25, -0.2) is 0 Å². The van der Waals surface area contributed by atoms with E-state index in [9.17, 15) is 0 Å². The highest BCUT2D eigenvalue weighted by Gasteiger charge is 2.19. The highest BCUT2D eigenvalue weighted by Crippen LogP contribution is 2.25. The molecule has 0 amide bonds. The number of benzene rings is 1. The molecule has 2 heteroatoms. The summed E-state index contributed by atoms with van der Waals surface area (Å²) in [5.41, 5.74) is 4.14. The normalized spacial score (nSPS) is 16.9. The smallest absolute Gasteiger partial charge is 0.0585 e. The van der Waals surface area contributed by atoms with Crippen molar-refractivity contribution in [3.63, 3.8) is 0 Å². The molecule has 0 radical (unpaired) electrons. The van der Waals surface area contributed by atoms with Crippen LogP contribution in [0, 0.1) is 13.8 Å². The summed E-state index contributed by atoms with van der Waals surface area (Å²) in [6.07, 6.45) is 2.22. The van der Waals surface area contributed by atoms with Gasteiger partial charge in [0, 0.05) is 24.8 Å². The lowest BCUT2D eigenvalue weighted by atomic mass is 10.1. The zero-order valence-electron chi connectivity index (χ0n) is 9.25. The van der Waals surface area contributed by atoms with Crippen molar-refractivity contribution in [1.29, 1.82) is 0 Å². The van der Waals surface area contributed by atoms with Gasteiger partial charge in [-0.05, 0) is 48.6 Å². The molecule has 2 heterocycles. The van der Waals surface area contributed by atoms with Crippen LogP contribution in [-0.4, -0.2) is 17.7 Å². The first kappa shape index (κ1) is 8.98. The fourth-order valence-corrected chi connectivity index (χ4v) is 2.21. The molecule has 0 atom stereocenters. The zero-order valence-corrected chi connectivity index (χ0v) is 9.25. The van der Waals surface area contributed by atoms with Crippen LogP contribution in [0.3, 0.4) is 0 Å². The summed E-state index contributed by atoms with van der Waals surface area (Å²) in [4.78, 5) is 0. The highest BCUT2D eigenvalue weighted by molar-refractivity contribution is 5.82. The Labute approximate surface area is 89.9 Å². The van der Waals surface area contributed by atoms with Gasteiger partial charge in [0.05, 0.1) is 6.04 Å². The Bertz CT molecular complexity index is 506. The van der Waals surface area contributed by atoms with Gasteiger partial charge in [-0.15, -0.1) is 0 Å². The van der Waals surface area contributed by atoms with Crippen molar-refractivity contribution in [2.45, 2.75) is 19.9 Å². The first-order chi connectivity index (χ1) is 7.25. The monoisotopic (exact) mass is 200 g/mol. The molecular weight excluding hydrogens is 184 g/mol. The second-order valence-corrected chi connectivity index (χ2v) is 4.53. The van der Waals surface area contributed by atoms with Gasteiger partial charge >= 0.3 is 0 Å². The largest absolute Gasteiger partial charge is 0.342 e. The summed E-state index contributed by atoms with van der Waals surface area (Å²) in [5, 5.41) is 4.69. The number of hydrogen-bond donors (Lipinski definition) is 1. The predicted molar refractivity (Wildman–Crippen MR) is 63.3 cm³/mol. The number of aryl methyl sites for hydroxylation is 2. The third-order valence-electron chi connectivity index (χ3n) is 3.49. The first-order valence-corrected chi connectivity index (χ1v) is 5.54. The van der Waals surface area contributed by atoms with E-state index < -0.39 is 0 Å². The number of rotatable bonds is 1. The van der Waals surface area contributed by atoms with Crippen LogP contribution in [0.15, 0.2) is 24.4 Å². The summed E-state index contributed by atoms with van der Waals surface area (Å²) < 4.78 is 2.40. The van der Waals surface area contributed by atoms with Crippen LogP contribution in [0.2, 0.25) is 0 Å². The van der Waals surface area contributed by atoms with Gasteiger partial charge < -0.3 is 9.88 Å². The minimum atomic E-state index is 0.657. The molecule has 2 nitrogen and oxygen atoms in total. The lowest BCUT2D eigenvalue weighted by molar-refractivity contribution is 0.352. The van der Waals surface area contributed by atoms with Crippen molar-refractivity contribution >= 4 is 10.9 Å². The maximum absolute atomic E-state index is 3.32. The maximum atomic E-state index is 3.32. The zero-order chi connectivity index (χ0) is 10.4. The quantitative estimate of drug-likeness (QED) is 0.748. The van der Waals surface area contributed by atoms with Crippen LogP contribution in [0.4, 0.5) is 0 Å². The van der Waals surface area contributed by atoms with E-state index in [2.05, 4.69) is 48.1 Å². The van der Waals surface area contributed by atoms with Crippen molar-refractivity contribution in [1.82, 2.24) is 9.88 Å². The van der Waals surface area contributed by atoms with Gasteiger partial charge in [-0.1, -0.05) is 0 Å². The average molecular weight is 200 g/mol. The van der Waals surface area contributed by atoms with Crippen LogP contribution in [0.1, 0.15) is 17.2 Å². The van der Waals surface area contributed by atoms with Crippen LogP contribution >= 0.6 is 0 Å². The number of fused-ring (bicyclic) bond motifs is 1. The topological polar surface area (TPSA) is 17.0 Å². The number of hydrogen-bond acceptors (Lipinski definition) is 1. The van der Waals surface area contributed by atoms with E-state index >= 15 is 0 Å². The van der Waals surface area contributed by atoms with Crippen molar-refractivity contribution < 1.29 is 0 Å². The van der Waals surface area contributed by atoms with Gasteiger partial charge in [0.15, 0.2) is 0 Å². The average Bonchev–Trinajstić information content (AvgIpc) is 2.48. The molecule has 1 aliphatic heterocycles. The van der Waals surface area contributed by atoms with E-state index in [1.807, 2.05) is 0 Å². The minimum absolute atomic E-state index is 0.657. The predicted octanol–water partition coefficient (Wildman–Crippen LogP) is 2.40. The number of nitrogens with zero attached hydrogens (tertiary/aromatic N) is 1. The number of aromatic nitrogens is 1. The van der Waals surface area contributed by atoms with Gasteiger partial charge in [-0.3, -0.25) is 0 Å². The molecule has 3 rings (SSSR count). The fraction of sp³-hybridized carbons (Fsp3) is 0.385. The van der Waals surface area contributed by atoms with E-state index in [0.29, 0.717) is 6.04 Å². The molecule has 0 spiro atoms. The van der Waals surface area contributed by atoms with E-state index in [1.54, 1.807) is 0 Å². The van der Waals surface area contributed by atoms with Gasteiger partial charge in [0.25, 0.3) is 0 Å². The molecular formula is C13H16N2. The van der Waals surface area contributed by atoms with E-state index in [1.165, 1.54) is 22.0 Å². The molecule has 1 N–H and O–H groups in total. The third kappa shape index (κ3) is 1.29. The fourth-order valence-electron chi connectivity index (χ4n) is 2.21. The van der Waals surface area contributed by atoms with Gasteiger partial charge in [-0.2, -0.15) is 0 Å². The van der Waals surface area contributed by atoms with Crippen molar-refractivity contribution in [3.05, 3.63) is 35.5 Å². The molecule has 0 aliphatic carbocycles. The first-order valence-electron chi connectivity index (χ1n) is 5.54. The SMILES string of the molecule is Cc1cc2ccn(C3CNC3)c2cc1C. The Morgan fingerprint density at radius 2 is 1.93 bits per heavy atom. The third-order valence-corrected chi connectivity index (χ3v) is 3.49. The summed E-state index contributed by atoms with van der Waals surface area (Å²) in [6.45, 7) is 6.58. The Morgan fingerprint density at radius 3 is 2.60 bits per heavy atom. The molecule has 0 unspecified atom stereocenters. The summed E-state index contributed by atoms with van der Waals surface area (Å²) in [5.74, 6) is 0. The Morgan fingerprint density at radius 1 is 1.20 bits per heavy atom. The van der Waals surface area contributed by atoms with Crippen LogP contribution in [0.25, 0.3) is 10.9 Å². The van der Waals surface area contributed by atoms with Crippen molar-refractivity contribution in [2.75, 3.05) is 13.1 Å². The molecule has 78 valence electrons. The second-order valence-electron chi connectivity index (χ2n) is 4.53. The van der Waals surface area contributed by atoms with Gasteiger partial charge in [0.1, 0.15) is 0 Å². The Hall–Kier alpha value is -1.28. The highest BCUT2D eigenvalue weighted by atomic mass is 15.1. The molecule has 1 saturated heterocycles. The lowest BCUT2D eigenvalue weighted by Gasteiger charge is -2.29. The van der Waals surface area contributed by atoms with Crippen molar-refractivity contribution in [3.8, 4) is 0 Å². The Kier molecular flexibility index (Phi) is 1.86. The minimum Gasteiger partial charge on any atom is -0.342 e. The summed E-state index contributed by atoms with van der Waals surface area (Å²) >= 11 is 0. The molecule has 2 aromatic rings. The molecule has 0 bridgehead atoms. The van der Waals surface area contributed by atoms with Crippen LogP contribution < -0.4 is 5.32 Å². The number of nitrogens with one attached hydrogen (secondary N) is 1. The molecule has 1 aliphatic rings. The standard InChI is InChI=1S/C13H16N2/c1-9-5-11-3-4-15(12-7-14-8-12)13(11)6-10(9)2/h3-6,12,14H,7-8H2,1-2H3. The van der Waals surface area contributed by atoms with E-state index in [0.717, 1.165) is 13.1 Å². The van der Waals surface area contributed by atoms with Gasteiger partial charge in [0.2, 0.25) is 0 Å². The maximum Gasteiger partial charge on any atom is 0.0585 e. The molecule has 1 fully saturated rings. The second kappa shape index (κ2) is 3.11. The Balaban J connectivity index is 2.19. The van der Waals surface area contributed by atoms with Crippen molar-refractivity contribution in [2.24, 2.45) is 0 Å². The lowest BCUT2D eigenvalue weighted by Crippen LogP contribution is -2.43. The molecule has 0 saturated carbocycles.